The molecule has 0 N–H and O–H groups in total. The van der Waals surface area contributed by atoms with E-state index in [4.69, 9.17) is 0 Å². The van der Waals surface area contributed by atoms with Gasteiger partial charge in [0.1, 0.15) is 5.82 Å². The molecule has 0 radical (unpaired) electrons. The minimum absolute atomic E-state index is 0.0153. The summed E-state index contributed by atoms with van der Waals surface area (Å²) in [4.78, 5) is 16.3. The molecule has 0 unspecified atom stereocenters. The van der Waals surface area contributed by atoms with Crippen LogP contribution in [0.25, 0.3) is 5.69 Å². The summed E-state index contributed by atoms with van der Waals surface area (Å²) in [6.07, 6.45) is 0.127. The first-order chi connectivity index (χ1) is 14.3. The third kappa shape index (κ3) is 4.18. The molecule has 2 fully saturated rings. The number of aromatic nitrogens is 2. The van der Waals surface area contributed by atoms with Crippen molar-refractivity contribution in [3.8, 4) is 5.69 Å². The SMILES string of the molecule is CN(C)c1c(CN(CC2CC2)C(=O)C2CCC2)c(C(F)(F)F)nn1-c1ccccc1. The van der Waals surface area contributed by atoms with Gasteiger partial charge in [0.25, 0.3) is 0 Å². The average Bonchev–Trinajstić information content (AvgIpc) is 3.36. The van der Waals surface area contributed by atoms with Crippen LogP contribution in [-0.4, -0.2) is 41.2 Å². The number of halogens is 3. The topological polar surface area (TPSA) is 41.4 Å². The molecule has 5 nitrogen and oxygen atoms in total. The molecule has 1 amide bonds. The fourth-order valence-corrected chi connectivity index (χ4v) is 3.97. The lowest BCUT2D eigenvalue weighted by molar-refractivity contribution is -0.144. The summed E-state index contributed by atoms with van der Waals surface area (Å²) in [7, 11) is 3.41. The quantitative estimate of drug-likeness (QED) is 0.663. The highest BCUT2D eigenvalue weighted by Gasteiger charge is 2.42. The van der Waals surface area contributed by atoms with Gasteiger partial charge in [-0.2, -0.15) is 18.3 Å². The molecule has 30 heavy (non-hydrogen) atoms. The maximum absolute atomic E-state index is 14.0. The summed E-state index contributed by atoms with van der Waals surface area (Å²) in [5, 5.41) is 3.97. The average molecular weight is 420 g/mol. The first kappa shape index (κ1) is 20.8. The van der Waals surface area contributed by atoms with Gasteiger partial charge in [-0.3, -0.25) is 4.79 Å². The number of nitrogens with zero attached hydrogens (tertiary/aromatic N) is 4. The van der Waals surface area contributed by atoms with E-state index >= 15 is 0 Å². The van der Waals surface area contributed by atoms with Gasteiger partial charge in [0.2, 0.25) is 5.91 Å². The van der Waals surface area contributed by atoms with Crippen molar-refractivity contribution in [1.29, 1.82) is 0 Å². The number of alkyl halides is 3. The molecule has 0 bridgehead atoms. The fraction of sp³-hybridized carbons (Fsp3) is 0.545. The zero-order valence-electron chi connectivity index (χ0n) is 17.3. The van der Waals surface area contributed by atoms with E-state index in [-0.39, 0.29) is 23.9 Å². The van der Waals surface area contributed by atoms with Crippen LogP contribution in [0.2, 0.25) is 0 Å². The number of carbonyl (C=O) groups excluding carboxylic acids is 1. The second-order valence-corrected chi connectivity index (χ2v) is 8.58. The van der Waals surface area contributed by atoms with E-state index < -0.39 is 11.9 Å². The Balaban J connectivity index is 1.77. The second kappa shape index (κ2) is 7.96. The largest absolute Gasteiger partial charge is 0.435 e. The predicted octanol–water partition coefficient (Wildman–Crippen LogP) is 4.50. The molecular weight excluding hydrogens is 393 g/mol. The van der Waals surface area contributed by atoms with Crippen molar-refractivity contribution in [3.05, 3.63) is 41.6 Å². The van der Waals surface area contributed by atoms with E-state index in [0.717, 1.165) is 32.1 Å². The van der Waals surface area contributed by atoms with Gasteiger partial charge in [0.05, 0.1) is 12.2 Å². The van der Waals surface area contributed by atoms with E-state index in [0.29, 0.717) is 24.0 Å². The Labute approximate surface area is 174 Å². The van der Waals surface area contributed by atoms with E-state index in [1.807, 2.05) is 6.07 Å². The Morgan fingerprint density at radius 3 is 2.30 bits per heavy atom. The Morgan fingerprint density at radius 1 is 1.13 bits per heavy atom. The smallest absolute Gasteiger partial charge is 0.362 e. The van der Waals surface area contributed by atoms with Crippen LogP contribution < -0.4 is 4.90 Å². The molecule has 8 heteroatoms. The summed E-state index contributed by atoms with van der Waals surface area (Å²) in [5.41, 5.74) is -0.307. The Bertz CT molecular complexity index is 899. The third-order valence-corrected chi connectivity index (χ3v) is 5.94. The van der Waals surface area contributed by atoms with Crippen LogP contribution in [0.15, 0.2) is 30.3 Å². The Morgan fingerprint density at radius 2 is 1.80 bits per heavy atom. The maximum Gasteiger partial charge on any atom is 0.435 e. The minimum Gasteiger partial charge on any atom is -0.362 e. The van der Waals surface area contributed by atoms with Crippen molar-refractivity contribution < 1.29 is 18.0 Å². The first-order valence-corrected chi connectivity index (χ1v) is 10.5. The van der Waals surface area contributed by atoms with Crippen LogP contribution in [0.1, 0.15) is 43.4 Å². The summed E-state index contributed by atoms with van der Waals surface area (Å²) in [6, 6.07) is 8.80. The van der Waals surface area contributed by atoms with Crippen molar-refractivity contribution >= 4 is 11.7 Å². The standard InChI is InChI=1S/C22H27F3N4O/c1-27(2)20-18(14-28(13-15-11-12-15)21(30)16-7-6-8-16)19(22(23,24)25)26-29(20)17-9-4-3-5-10-17/h3-5,9-10,15-16H,6-8,11-14H2,1-2H3. The number of anilines is 1. The monoisotopic (exact) mass is 420 g/mol. The predicted molar refractivity (Wildman–Crippen MR) is 108 cm³/mol. The molecule has 2 aliphatic rings. The lowest BCUT2D eigenvalue weighted by Gasteiger charge is -2.32. The van der Waals surface area contributed by atoms with Gasteiger partial charge in [-0.1, -0.05) is 24.6 Å². The van der Waals surface area contributed by atoms with Crippen molar-refractivity contribution in [2.24, 2.45) is 11.8 Å². The number of hydrogen-bond acceptors (Lipinski definition) is 3. The summed E-state index contributed by atoms with van der Waals surface area (Å²) >= 11 is 0. The number of rotatable bonds is 7. The van der Waals surface area contributed by atoms with Gasteiger partial charge < -0.3 is 9.80 Å². The zero-order valence-corrected chi connectivity index (χ0v) is 17.3. The van der Waals surface area contributed by atoms with Crippen molar-refractivity contribution in [1.82, 2.24) is 14.7 Å². The van der Waals surface area contributed by atoms with Crippen molar-refractivity contribution in [2.75, 3.05) is 25.5 Å². The van der Waals surface area contributed by atoms with Gasteiger partial charge in [-0.15, -0.1) is 0 Å². The van der Waals surface area contributed by atoms with Crippen LogP contribution in [-0.2, 0) is 17.5 Å². The number of amides is 1. The summed E-state index contributed by atoms with van der Waals surface area (Å²) < 4.78 is 43.3. The molecule has 4 rings (SSSR count). The molecule has 1 aromatic heterocycles. The Hall–Kier alpha value is -2.51. The highest BCUT2D eigenvalue weighted by atomic mass is 19.4. The molecule has 1 aromatic carbocycles. The molecule has 0 saturated heterocycles. The normalized spacial score (nSPS) is 17.0. The van der Waals surface area contributed by atoms with Gasteiger partial charge in [0, 0.05) is 32.1 Å². The zero-order chi connectivity index (χ0) is 21.5. The summed E-state index contributed by atoms with van der Waals surface area (Å²) in [6.45, 7) is 0.455. The molecule has 2 aromatic rings. The number of para-hydroxylation sites is 1. The van der Waals surface area contributed by atoms with Gasteiger partial charge >= 0.3 is 6.18 Å². The molecule has 162 valence electrons. The van der Waals surface area contributed by atoms with Gasteiger partial charge in [-0.25, -0.2) is 4.68 Å². The van der Waals surface area contributed by atoms with E-state index in [1.54, 1.807) is 48.2 Å². The fourth-order valence-electron chi connectivity index (χ4n) is 3.97. The van der Waals surface area contributed by atoms with E-state index in [2.05, 4.69) is 5.10 Å². The number of benzene rings is 1. The lowest BCUT2D eigenvalue weighted by atomic mass is 9.84. The summed E-state index contributed by atoms with van der Waals surface area (Å²) in [5.74, 6) is 0.689. The first-order valence-electron chi connectivity index (χ1n) is 10.5. The highest BCUT2D eigenvalue weighted by molar-refractivity contribution is 5.80. The van der Waals surface area contributed by atoms with Crippen molar-refractivity contribution in [2.45, 2.75) is 44.8 Å². The minimum atomic E-state index is -4.61. The lowest BCUT2D eigenvalue weighted by Crippen LogP contribution is -2.40. The van der Waals surface area contributed by atoms with E-state index in [1.165, 1.54) is 4.68 Å². The number of carbonyl (C=O) groups is 1. The Kier molecular flexibility index (Phi) is 5.51. The van der Waals surface area contributed by atoms with Crippen molar-refractivity contribution in [3.63, 3.8) is 0 Å². The maximum atomic E-state index is 14.0. The van der Waals surface area contributed by atoms with Crippen LogP contribution in [0.5, 0.6) is 0 Å². The van der Waals surface area contributed by atoms with Gasteiger partial charge in [-0.05, 0) is 43.7 Å². The van der Waals surface area contributed by atoms with Crippen LogP contribution in [0.4, 0.5) is 19.0 Å². The molecule has 0 spiro atoms. The second-order valence-electron chi connectivity index (χ2n) is 8.58. The number of hydrogen-bond donors (Lipinski definition) is 0. The van der Waals surface area contributed by atoms with Crippen LogP contribution in [0, 0.1) is 11.8 Å². The van der Waals surface area contributed by atoms with Crippen LogP contribution >= 0.6 is 0 Å². The molecule has 1 heterocycles. The van der Waals surface area contributed by atoms with Crippen LogP contribution in [0.3, 0.4) is 0 Å². The molecule has 2 aliphatic carbocycles. The molecular formula is C22H27F3N4O. The van der Waals surface area contributed by atoms with E-state index in [9.17, 15) is 18.0 Å². The third-order valence-electron chi connectivity index (χ3n) is 5.94. The van der Waals surface area contributed by atoms with Gasteiger partial charge in [0.15, 0.2) is 5.69 Å². The molecule has 2 saturated carbocycles. The highest BCUT2D eigenvalue weighted by Crippen LogP contribution is 2.39. The molecule has 0 aliphatic heterocycles. The molecule has 0 atom stereocenters.